The van der Waals surface area contributed by atoms with Crippen molar-refractivity contribution in [3.05, 3.63) is 107 Å². The number of hydrogen-bond acceptors (Lipinski definition) is 4. The van der Waals surface area contributed by atoms with Gasteiger partial charge in [-0.15, -0.1) is 0 Å². The highest BCUT2D eigenvalue weighted by molar-refractivity contribution is 6.08. The van der Waals surface area contributed by atoms with E-state index in [9.17, 15) is 24.3 Å². The molecular formula is C28H28N4O5. The molecule has 0 unspecified atom stereocenters. The number of aliphatic carboxylic acids is 1. The van der Waals surface area contributed by atoms with E-state index < -0.39 is 30.0 Å². The molecule has 9 nitrogen and oxygen atoms in total. The standard InChI is InChI=1S/C28H28N4O5/c1-28(25(35)31(19-24(33)34)27(37)32(28)18-22-10-6-3-7-11-22)23-14-12-21(13-15-23)17-30-26(36)29-16-20-8-4-2-5-9-20/h2-15H,16-19H2,1H3,(H,33,34)(H2,29,30,36)/t28-/m1/s1. The lowest BCUT2D eigenvalue weighted by Crippen LogP contribution is -2.44. The number of amides is 5. The average molecular weight is 501 g/mol. The third kappa shape index (κ3) is 5.61. The number of urea groups is 2. The second kappa shape index (κ2) is 10.9. The molecule has 1 fully saturated rings. The molecule has 190 valence electrons. The van der Waals surface area contributed by atoms with Crippen LogP contribution < -0.4 is 10.6 Å². The van der Waals surface area contributed by atoms with E-state index in [4.69, 9.17) is 0 Å². The van der Waals surface area contributed by atoms with Gasteiger partial charge in [-0.1, -0.05) is 84.9 Å². The van der Waals surface area contributed by atoms with Crippen molar-refractivity contribution in [3.8, 4) is 0 Å². The summed E-state index contributed by atoms with van der Waals surface area (Å²) in [5.41, 5.74) is 1.77. The first kappa shape index (κ1) is 25.4. The number of hydrogen-bond donors (Lipinski definition) is 3. The molecule has 1 heterocycles. The Morgan fingerprint density at radius 3 is 1.84 bits per heavy atom. The van der Waals surface area contributed by atoms with E-state index in [1.54, 1.807) is 31.2 Å². The second-order valence-electron chi connectivity index (χ2n) is 8.93. The maximum absolute atomic E-state index is 13.4. The Kier molecular flexibility index (Phi) is 7.52. The predicted octanol–water partition coefficient (Wildman–Crippen LogP) is 3.45. The minimum Gasteiger partial charge on any atom is -0.480 e. The van der Waals surface area contributed by atoms with Crippen molar-refractivity contribution in [1.82, 2.24) is 20.4 Å². The molecule has 9 heteroatoms. The molecule has 1 atom stereocenters. The summed E-state index contributed by atoms with van der Waals surface area (Å²) in [7, 11) is 0. The van der Waals surface area contributed by atoms with E-state index in [0.717, 1.165) is 21.6 Å². The van der Waals surface area contributed by atoms with Crippen molar-refractivity contribution in [2.24, 2.45) is 0 Å². The molecule has 3 N–H and O–H groups in total. The van der Waals surface area contributed by atoms with Crippen molar-refractivity contribution in [1.29, 1.82) is 0 Å². The summed E-state index contributed by atoms with van der Waals surface area (Å²) in [6.45, 7) is 1.73. The second-order valence-corrected chi connectivity index (χ2v) is 8.93. The summed E-state index contributed by atoms with van der Waals surface area (Å²) in [5.74, 6) is -1.86. The smallest absolute Gasteiger partial charge is 0.328 e. The van der Waals surface area contributed by atoms with Crippen molar-refractivity contribution in [2.45, 2.75) is 32.1 Å². The van der Waals surface area contributed by atoms with E-state index in [-0.39, 0.29) is 19.1 Å². The molecule has 0 aromatic heterocycles. The zero-order valence-electron chi connectivity index (χ0n) is 20.4. The number of nitrogens with one attached hydrogen (secondary N) is 2. The fourth-order valence-corrected chi connectivity index (χ4v) is 4.32. The fraction of sp³-hybridized carbons (Fsp3) is 0.214. The molecule has 0 bridgehead atoms. The van der Waals surface area contributed by atoms with Gasteiger partial charge < -0.3 is 20.6 Å². The Hall–Kier alpha value is -4.66. The van der Waals surface area contributed by atoms with E-state index in [1.165, 1.54) is 4.90 Å². The van der Waals surface area contributed by atoms with Gasteiger partial charge in [-0.3, -0.25) is 14.5 Å². The lowest BCUT2D eigenvalue weighted by molar-refractivity contribution is -0.143. The van der Waals surface area contributed by atoms with Gasteiger partial charge in [-0.05, 0) is 29.2 Å². The summed E-state index contributed by atoms with van der Waals surface area (Å²) in [5, 5.41) is 14.9. The number of imide groups is 1. The molecule has 3 aromatic carbocycles. The molecule has 1 aliphatic heterocycles. The number of rotatable bonds is 9. The maximum Gasteiger partial charge on any atom is 0.328 e. The van der Waals surface area contributed by atoms with Crippen LogP contribution in [0.15, 0.2) is 84.9 Å². The molecule has 3 aromatic rings. The maximum atomic E-state index is 13.4. The highest BCUT2D eigenvalue weighted by atomic mass is 16.4. The Labute approximate surface area is 214 Å². The molecule has 5 amide bonds. The molecule has 4 rings (SSSR count). The van der Waals surface area contributed by atoms with Crippen LogP contribution >= 0.6 is 0 Å². The van der Waals surface area contributed by atoms with Crippen LogP contribution in [0.2, 0.25) is 0 Å². The average Bonchev–Trinajstić information content (AvgIpc) is 3.08. The first-order valence-corrected chi connectivity index (χ1v) is 11.8. The number of benzene rings is 3. The largest absolute Gasteiger partial charge is 0.480 e. The summed E-state index contributed by atoms with van der Waals surface area (Å²) >= 11 is 0. The van der Waals surface area contributed by atoms with E-state index >= 15 is 0 Å². The number of carboxylic acids is 1. The highest BCUT2D eigenvalue weighted by Gasteiger charge is 2.55. The van der Waals surface area contributed by atoms with Crippen LogP contribution in [0.25, 0.3) is 0 Å². The molecule has 0 saturated carbocycles. The number of nitrogens with zero attached hydrogens (tertiary/aromatic N) is 2. The molecule has 37 heavy (non-hydrogen) atoms. The Bertz CT molecular complexity index is 1280. The van der Waals surface area contributed by atoms with Gasteiger partial charge in [0.25, 0.3) is 5.91 Å². The first-order valence-electron chi connectivity index (χ1n) is 11.8. The molecule has 1 saturated heterocycles. The SMILES string of the molecule is C[C@@]1(c2ccc(CNC(=O)NCc3ccccc3)cc2)C(=O)N(CC(=O)O)C(=O)N1Cc1ccccc1. The Balaban J connectivity index is 1.48. The molecule has 0 spiro atoms. The van der Waals surface area contributed by atoms with Gasteiger partial charge >= 0.3 is 18.0 Å². The van der Waals surface area contributed by atoms with Crippen molar-refractivity contribution >= 4 is 23.9 Å². The Morgan fingerprint density at radius 2 is 1.30 bits per heavy atom. The zero-order valence-corrected chi connectivity index (χ0v) is 20.4. The van der Waals surface area contributed by atoms with E-state index in [0.29, 0.717) is 12.1 Å². The summed E-state index contributed by atoms with van der Waals surface area (Å²) in [6.07, 6.45) is 0. The first-order chi connectivity index (χ1) is 17.8. The van der Waals surface area contributed by atoms with Crippen molar-refractivity contribution < 1.29 is 24.3 Å². The van der Waals surface area contributed by atoms with Crippen LogP contribution in [-0.4, -0.2) is 45.4 Å². The summed E-state index contributed by atoms with van der Waals surface area (Å²) in [6, 6.07) is 24.8. The number of carbonyl (C=O) groups is 4. The number of carboxylic acid groups (broad SMARTS) is 1. The van der Waals surface area contributed by atoms with Crippen LogP contribution in [0.1, 0.15) is 29.2 Å². The summed E-state index contributed by atoms with van der Waals surface area (Å²) < 4.78 is 0. The predicted molar refractivity (Wildman–Crippen MR) is 136 cm³/mol. The lowest BCUT2D eigenvalue weighted by atomic mass is 9.89. The zero-order chi connectivity index (χ0) is 26.4. The normalized spacial score (nSPS) is 17.1. The van der Waals surface area contributed by atoms with Crippen LogP contribution in [0.4, 0.5) is 9.59 Å². The van der Waals surface area contributed by atoms with Gasteiger partial charge in [-0.25, -0.2) is 9.59 Å². The lowest BCUT2D eigenvalue weighted by Gasteiger charge is -2.32. The van der Waals surface area contributed by atoms with Gasteiger partial charge in [-0.2, -0.15) is 0 Å². The van der Waals surface area contributed by atoms with Crippen LogP contribution in [0.5, 0.6) is 0 Å². The monoisotopic (exact) mass is 500 g/mol. The van der Waals surface area contributed by atoms with Crippen molar-refractivity contribution in [3.63, 3.8) is 0 Å². The topological polar surface area (TPSA) is 119 Å². The Morgan fingerprint density at radius 1 is 0.784 bits per heavy atom. The minimum atomic E-state index is -1.39. The number of carbonyl (C=O) groups excluding carboxylic acids is 3. The summed E-state index contributed by atoms with van der Waals surface area (Å²) in [4.78, 5) is 52.3. The van der Waals surface area contributed by atoms with Crippen molar-refractivity contribution in [2.75, 3.05) is 6.54 Å². The van der Waals surface area contributed by atoms with Crippen LogP contribution in [0.3, 0.4) is 0 Å². The quantitative estimate of drug-likeness (QED) is 0.389. The molecule has 0 radical (unpaired) electrons. The fourth-order valence-electron chi connectivity index (χ4n) is 4.32. The third-order valence-corrected chi connectivity index (χ3v) is 6.41. The van der Waals surface area contributed by atoms with E-state index in [2.05, 4.69) is 10.6 Å². The minimum absolute atomic E-state index is 0.142. The molecule has 0 aliphatic carbocycles. The molecule has 1 aliphatic rings. The van der Waals surface area contributed by atoms with Gasteiger partial charge in [0.05, 0.1) is 0 Å². The molecular weight excluding hydrogens is 472 g/mol. The van der Waals surface area contributed by atoms with E-state index in [1.807, 2.05) is 60.7 Å². The van der Waals surface area contributed by atoms with Gasteiger partial charge in [0.1, 0.15) is 12.1 Å². The van der Waals surface area contributed by atoms with Crippen LogP contribution in [-0.2, 0) is 34.8 Å². The van der Waals surface area contributed by atoms with Gasteiger partial charge in [0.15, 0.2) is 0 Å². The van der Waals surface area contributed by atoms with Gasteiger partial charge in [0.2, 0.25) is 0 Å². The van der Waals surface area contributed by atoms with Crippen LogP contribution in [0, 0.1) is 0 Å². The highest BCUT2D eigenvalue weighted by Crippen LogP contribution is 2.38. The third-order valence-electron chi connectivity index (χ3n) is 6.41. The van der Waals surface area contributed by atoms with Gasteiger partial charge in [0, 0.05) is 19.6 Å².